The quantitative estimate of drug-likeness (QED) is 0.761. The zero-order chi connectivity index (χ0) is 15.2. The number of hydrogen-bond acceptors (Lipinski definition) is 3. The zero-order valence-electron chi connectivity index (χ0n) is 13.1. The van der Waals surface area contributed by atoms with E-state index in [1.807, 2.05) is 39.8 Å². The van der Waals surface area contributed by atoms with Gasteiger partial charge in [-0.1, -0.05) is 12.1 Å². The third-order valence-corrected chi connectivity index (χ3v) is 3.42. The van der Waals surface area contributed by atoms with Gasteiger partial charge in [0, 0.05) is 11.6 Å². The normalized spacial score (nSPS) is 12.8. The Hall–Kier alpha value is -1.53. The molecule has 0 spiro atoms. The molecule has 0 amide bonds. The van der Waals surface area contributed by atoms with Crippen LogP contribution in [-0.4, -0.2) is 6.61 Å². The molecule has 1 atom stereocenters. The SMILES string of the molecule is Cc1ccc([C@@H](C)N)c(OCCCCC(C)(C)C#N)c1. The van der Waals surface area contributed by atoms with E-state index in [2.05, 4.69) is 12.1 Å². The lowest BCUT2D eigenvalue weighted by Gasteiger charge is -2.16. The van der Waals surface area contributed by atoms with Crippen LogP contribution in [0.25, 0.3) is 0 Å². The second-order valence-corrected chi connectivity index (χ2v) is 6.13. The standard InChI is InChI=1S/C17H26N2O/c1-13-7-8-15(14(2)19)16(11-13)20-10-6-5-9-17(3,4)12-18/h7-8,11,14H,5-6,9-10,19H2,1-4H3/t14-/m1/s1. The fraction of sp³-hybridized carbons (Fsp3) is 0.588. The minimum Gasteiger partial charge on any atom is -0.493 e. The second kappa shape index (κ2) is 7.31. The molecule has 0 aliphatic rings. The van der Waals surface area contributed by atoms with Crippen molar-refractivity contribution in [2.24, 2.45) is 11.1 Å². The molecule has 0 heterocycles. The molecule has 0 aromatic heterocycles. The second-order valence-electron chi connectivity index (χ2n) is 6.13. The average Bonchev–Trinajstić information content (AvgIpc) is 2.38. The first-order chi connectivity index (χ1) is 9.35. The van der Waals surface area contributed by atoms with E-state index in [4.69, 9.17) is 15.7 Å². The van der Waals surface area contributed by atoms with E-state index < -0.39 is 0 Å². The predicted octanol–water partition coefficient (Wildman–Crippen LogP) is 4.11. The Labute approximate surface area is 122 Å². The van der Waals surface area contributed by atoms with Crippen LogP contribution in [0.1, 0.15) is 57.2 Å². The molecule has 110 valence electrons. The van der Waals surface area contributed by atoms with Crippen molar-refractivity contribution in [1.29, 1.82) is 5.26 Å². The van der Waals surface area contributed by atoms with Gasteiger partial charge in [-0.05, 0) is 58.6 Å². The van der Waals surface area contributed by atoms with Crippen molar-refractivity contribution in [3.8, 4) is 11.8 Å². The maximum atomic E-state index is 8.96. The summed E-state index contributed by atoms with van der Waals surface area (Å²) in [5, 5.41) is 8.96. The smallest absolute Gasteiger partial charge is 0.124 e. The molecule has 0 aliphatic carbocycles. The van der Waals surface area contributed by atoms with E-state index in [1.54, 1.807) is 0 Å². The number of benzene rings is 1. The number of unbranched alkanes of at least 4 members (excludes halogenated alkanes) is 1. The van der Waals surface area contributed by atoms with Gasteiger partial charge >= 0.3 is 0 Å². The van der Waals surface area contributed by atoms with Crippen molar-refractivity contribution in [3.05, 3.63) is 29.3 Å². The first-order valence-corrected chi connectivity index (χ1v) is 7.26. The number of hydrogen-bond donors (Lipinski definition) is 1. The summed E-state index contributed by atoms with van der Waals surface area (Å²) in [5.74, 6) is 0.888. The fourth-order valence-electron chi connectivity index (χ4n) is 2.05. The average molecular weight is 274 g/mol. The Morgan fingerprint density at radius 3 is 2.65 bits per heavy atom. The van der Waals surface area contributed by atoms with Gasteiger partial charge in [0.25, 0.3) is 0 Å². The van der Waals surface area contributed by atoms with Crippen LogP contribution in [0.15, 0.2) is 18.2 Å². The first kappa shape index (κ1) is 16.5. The van der Waals surface area contributed by atoms with Crippen LogP contribution >= 0.6 is 0 Å². The van der Waals surface area contributed by atoms with Crippen molar-refractivity contribution in [2.75, 3.05) is 6.61 Å². The molecule has 1 aromatic carbocycles. The Kier molecular flexibility index (Phi) is 6.04. The van der Waals surface area contributed by atoms with Gasteiger partial charge in [0.05, 0.1) is 18.1 Å². The van der Waals surface area contributed by atoms with E-state index in [0.717, 1.165) is 30.6 Å². The maximum Gasteiger partial charge on any atom is 0.124 e. The summed E-state index contributed by atoms with van der Waals surface area (Å²) >= 11 is 0. The highest BCUT2D eigenvalue weighted by molar-refractivity contribution is 5.38. The summed E-state index contributed by atoms with van der Waals surface area (Å²) in [7, 11) is 0. The summed E-state index contributed by atoms with van der Waals surface area (Å²) in [4.78, 5) is 0. The molecule has 0 saturated heterocycles. The number of nitrogens with zero attached hydrogens (tertiary/aromatic N) is 1. The van der Waals surface area contributed by atoms with Crippen LogP contribution in [0.4, 0.5) is 0 Å². The van der Waals surface area contributed by atoms with E-state index in [0.29, 0.717) is 6.61 Å². The number of ether oxygens (including phenoxy) is 1. The van der Waals surface area contributed by atoms with Gasteiger partial charge in [-0.25, -0.2) is 0 Å². The number of nitrogens with two attached hydrogens (primary N) is 1. The Bertz CT molecular complexity index is 472. The van der Waals surface area contributed by atoms with Gasteiger partial charge in [-0.15, -0.1) is 0 Å². The van der Waals surface area contributed by atoms with Crippen molar-refractivity contribution >= 4 is 0 Å². The predicted molar refractivity (Wildman–Crippen MR) is 82.5 cm³/mol. The lowest BCUT2D eigenvalue weighted by Crippen LogP contribution is -2.10. The molecule has 1 rings (SSSR count). The van der Waals surface area contributed by atoms with Gasteiger partial charge in [0.2, 0.25) is 0 Å². The van der Waals surface area contributed by atoms with Gasteiger partial charge in [0.15, 0.2) is 0 Å². The molecule has 20 heavy (non-hydrogen) atoms. The highest BCUT2D eigenvalue weighted by atomic mass is 16.5. The van der Waals surface area contributed by atoms with E-state index in [1.165, 1.54) is 5.56 Å². The number of aryl methyl sites for hydroxylation is 1. The van der Waals surface area contributed by atoms with Gasteiger partial charge in [-0.3, -0.25) is 0 Å². The molecule has 0 bridgehead atoms. The zero-order valence-corrected chi connectivity index (χ0v) is 13.1. The number of nitriles is 1. The van der Waals surface area contributed by atoms with Gasteiger partial charge < -0.3 is 10.5 Å². The maximum absolute atomic E-state index is 8.96. The van der Waals surface area contributed by atoms with E-state index in [-0.39, 0.29) is 11.5 Å². The molecule has 3 nitrogen and oxygen atoms in total. The Balaban J connectivity index is 2.46. The lowest BCUT2D eigenvalue weighted by atomic mass is 9.89. The molecule has 3 heteroatoms. The fourth-order valence-corrected chi connectivity index (χ4v) is 2.05. The largest absolute Gasteiger partial charge is 0.493 e. The van der Waals surface area contributed by atoms with Crippen molar-refractivity contribution in [3.63, 3.8) is 0 Å². The molecule has 0 fully saturated rings. The molecule has 0 saturated carbocycles. The van der Waals surface area contributed by atoms with Crippen molar-refractivity contribution in [2.45, 2.75) is 53.0 Å². The minimum atomic E-state index is -0.236. The third kappa shape index (κ3) is 5.22. The summed E-state index contributed by atoms with van der Waals surface area (Å²) in [6.07, 6.45) is 2.86. The Morgan fingerprint density at radius 2 is 2.05 bits per heavy atom. The molecule has 1 aromatic rings. The number of rotatable bonds is 7. The monoisotopic (exact) mass is 274 g/mol. The Morgan fingerprint density at radius 1 is 1.35 bits per heavy atom. The molecule has 0 unspecified atom stereocenters. The molecule has 0 aliphatic heterocycles. The first-order valence-electron chi connectivity index (χ1n) is 7.26. The van der Waals surface area contributed by atoms with Crippen LogP contribution in [0.2, 0.25) is 0 Å². The summed E-state index contributed by atoms with van der Waals surface area (Å²) in [6, 6.07) is 8.43. The third-order valence-electron chi connectivity index (χ3n) is 3.42. The van der Waals surface area contributed by atoms with Crippen LogP contribution < -0.4 is 10.5 Å². The van der Waals surface area contributed by atoms with Crippen LogP contribution in [0.3, 0.4) is 0 Å². The molecule has 2 N–H and O–H groups in total. The van der Waals surface area contributed by atoms with E-state index in [9.17, 15) is 0 Å². The lowest BCUT2D eigenvalue weighted by molar-refractivity contribution is 0.291. The van der Waals surface area contributed by atoms with Gasteiger partial charge in [0.1, 0.15) is 5.75 Å². The summed E-state index contributed by atoms with van der Waals surface area (Å²) in [6.45, 7) is 8.64. The molecule has 0 radical (unpaired) electrons. The summed E-state index contributed by atoms with van der Waals surface area (Å²) < 4.78 is 5.86. The molecular formula is C17H26N2O. The minimum absolute atomic E-state index is 0.0249. The van der Waals surface area contributed by atoms with Crippen LogP contribution in [0, 0.1) is 23.7 Å². The van der Waals surface area contributed by atoms with Gasteiger partial charge in [-0.2, -0.15) is 5.26 Å². The highest BCUT2D eigenvalue weighted by Gasteiger charge is 2.15. The van der Waals surface area contributed by atoms with Crippen LogP contribution in [-0.2, 0) is 0 Å². The van der Waals surface area contributed by atoms with Crippen molar-refractivity contribution < 1.29 is 4.74 Å². The van der Waals surface area contributed by atoms with E-state index >= 15 is 0 Å². The van der Waals surface area contributed by atoms with Crippen LogP contribution in [0.5, 0.6) is 5.75 Å². The van der Waals surface area contributed by atoms with Crippen molar-refractivity contribution in [1.82, 2.24) is 0 Å². The highest BCUT2D eigenvalue weighted by Crippen LogP contribution is 2.26. The summed E-state index contributed by atoms with van der Waals surface area (Å²) in [5.41, 5.74) is 7.94. The molecular weight excluding hydrogens is 248 g/mol. The topological polar surface area (TPSA) is 59.0 Å².